The average molecular weight is 561 g/mol. The number of hydrogen-bond donors (Lipinski definition) is 1. The molecule has 0 aromatic carbocycles. The van der Waals surface area contributed by atoms with Crippen LogP contribution in [0, 0.1) is 46.3 Å². The van der Waals surface area contributed by atoms with Gasteiger partial charge < -0.3 is 24.1 Å². The van der Waals surface area contributed by atoms with Gasteiger partial charge in [0, 0.05) is 25.0 Å². The quantitative estimate of drug-likeness (QED) is 0.309. The van der Waals surface area contributed by atoms with Crippen molar-refractivity contribution in [3.8, 4) is 0 Å². The minimum Gasteiger partial charge on any atom is -0.481 e. The van der Waals surface area contributed by atoms with Crippen molar-refractivity contribution in [3.63, 3.8) is 0 Å². The first-order valence-electron chi connectivity index (χ1n) is 17.1. The smallest absolute Gasteiger partial charge is 0.303 e. The SMILES string of the molecule is C[C@H](CCC(=O)O)[C@H]1CCC2C3C(C[C@H](OC4CCCCO4)C21C)[C@@]1(C)CCCCC1C[C@H]3OC1CCCCO1. The molecule has 2 heterocycles. The topological polar surface area (TPSA) is 74.2 Å². The van der Waals surface area contributed by atoms with Crippen LogP contribution in [0.5, 0.6) is 0 Å². The van der Waals surface area contributed by atoms with Gasteiger partial charge in [0.2, 0.25) is 0 Å². The van der Waals surface area contributed by atoms with Crippen LogP contribution in [-0.2, 0) is 23.7 Å². The molecule has 1 N–H and O–H groups in total. The highest BCUT2D eigenvalue weighted by Crippen LogP contribution is 2.69. The van der Waals surface area contributed by atoms with Crippen molar-refractivity contribution in [2.45, 2.75) is 148 Å². The maximum absolute atomic E-state index is 11.5. The Hall–Kier alpha value is -0.690. The Morgan fingerprint density at radius 3 is 2.25 bits per heavy atom. The van der Waals surface area contributed by atoms with Gasteiger partial charge in [0.1, 0.15) is 0 Å². The number of rotatable bonds is 8. The molecule has 6 rings (SSSR count). The third-order valence-electron chi connectivity index (χ3n) is 13.1. The monoisotopic (exact) mass is 560 g/mol. The molecule has 0 amide bonds. The fraction of sp³-hybridized carbons (Fsp3) is 0.971. The Kier molecular flexibility index (Phi) is 8.91. The zero-order chi connectivity index (χ0) is 27.9. The van der Waals surface area contributed by atoms with Crippen molar-refractivity contribution < 1.29 is 28.8 Å². The molecule has 7 unspecified atom stereocenters. The van der Waals surface area contributed by atoms with Crippen LogP contribution in [0.3, 0.4) is 0 Å². The Morgan fingerprint density at radius 1 is 0.875 bits per heavy atom. The van der Waals surface area contributed by atoms with Gasteiger partial charge in [-0.2, -0.15) is 0 Å². The summed E-state index contributed by atoms with van der Waals surface area (Å²) in [5.41, 5.74) is 0.354. The van der Waals surface area contributed by atoms with Gasteiger partial charge in [-0.3, -0.25) is 4.79 Å². The number of fused-ring (bicyclic) bond motifs is 5. The molecule has 6 heteroatoms. The van der Waals surface area contributed by atoms with E-state index >= 15 is 0 Å². The number of carboxylic acids is 1. The number of hydrogen-bond acceptors (Lipinski definition) is 5. The van der Waals surface area contributed by atoms with Crippen molar-refractivity contribution in [1.29, 1.82) is 0 Å². The molecule has 228 valence electrons. The summed E-state index contributed by atoms with van der Waals surface area (Å²) in [7, 11) is 0. The maximum Gasteiger partial charge on any atom is 0.303 e. The number of carbonyl (C=O) groups is 1. The minimum absolute atomic E-state index is 0.00674. The first-order chi connectivity index (χ1) is 19.3. The van der Waals surface area contributed by atoms with Gasteiger partial charge in [0.25, 0.3) is 0 Å². The Labute approximate surface area is 242 Å². The Balaban J connectivity index is 1.34. The highest BCUT2D eigenvalue weighted by molar-refractivity contribution is 5.66. The molecule has 2 aliphatic heterocycles. The molecule has 0 bridgehead atoms. The van der Waals surface area contributed by atoms with Crippen molar-refractivity contribution in [2.75, 3.05) is 13.2 Å². The van der Waals surface area contributed by atoms with E-state index in [-0.39, 0.29) is 36.6 Å². The van der Waals surface area contributed by atoms with Crippen LogP contribution in [0.1, 0.15) is 124 Å². The van der Waals surface area contributed by atoms with E-state index in [2.05, 4.69) is 20.8 Å². The average Bonchev–Trinajstić information content (AvgIpc) is 3.31. The van der Waals surface area contributed by atoms with Gasteiger partial charge in [0.15, 0.2) is 12.6 Å². The Morgan fingerprint density at radius 2 is 1.57 bits per heavy atom. The van der Waals surface area contributed by atoms with Gasteiger partial charge >= 0.3 is 5.97 Å². The lowest BCUT2D eigenvalue weighted by Crippen LogP contribution is -2.63. The van der Waals surface area contributed by atoms with E-state index in [0.717, 1.165) is 57.7 Å². The van der Waals surface area contributed by atoms with Crippen LogP contribution in [0.25, 0.3) is 0 Å². The summed E-state index contributed by atoms with van der Waals surface area (Å²) < 4.78 is 26.5. The Bertz CT molecular complexity index is 866. The highest BCUT2D eigenvalue weighted by atomic mass is 16.7. The molecular weight excluding hydrogens is 504 g/mol. The molecule has 6 aliphatic rings. The second-order valence-corrected chi connectivity index (χ2v) is 15.1. The van der Waals surface area contributed by atoms with Crippen LogP contribution >= 0.6 is 0 Å². The first kappa shape index (κ1) is 29.4. The molecule has 0 spiro atoms. The van der Waals surface area contributed by atoms with Gasteiger partial charge in [0.05, 0.1) is 12.2 Å². The first-order valence-corrected chi connectivity index (χ1v) is 17.1. The van der Waals surface area contributed by atoms with Gasteiger partial charge in [-0.1, -0.05) is 33.6 Å². The van der Waals surface area contributed by atoms with Crippen LogP contribution in [0.15, 0.2) is 0 Å². The van der Waals surface area contributed by atoms with Crippen LogP contribution in [0.2, 0.25) is 0 Å². The summed E-state index contributed by atoms with van der Waals surface area (Å²) in [5, 5.41) is 9.48. The normalized spacial score (nSPS) is 48.0. The molecule has 6 fully saturated rings. The molecule has 0 aromatic rings. The molecule has 0 radical (unpaired) electrons. The van der Waals surface area contributed by atoms with Gasteiger partial charge in [-0.05, 0) is 124 Å². The van der Waals surface area contributed by atoms with Crippen molar-refractivity contribution in [2.24, 2.45) is 46.3 Å². The third-order valence-corrected chi connectivity index (χ3v) is 13.1. The summed E-state index contributed by atoms with van der Waals surface area (Å²) in [6.07, 6.45) is 18.0. The van der Waals surface area contributed by atoms with E-state index in [0.29, 0.717) is 35.0 Å². The summed E-state index contributed by atoms with van der Waals surface area (Å²) >= 11 is 0. The van der Waals surface area contributed by atoms with Crippen molar-refractivity contribution in [1.82, 2.24) is 0 Å². The summed E-state index contributed by atoms with van der Waals surface area (Å²) in [6, 6.07) is 0. The molecular formula is C34H56O6. The van der Waals surface area contributed by atoms with Crippen molar-refractivity contribution in [3.05, 3.63) is 0 Å². The lowest BCUT2D eigenvalue weighted by molar-refractivity contribution is -0.284. The zero-order valence-electron chi connectivity index (χ0n) is 25.5. The van der Waals surface area contributed by atoms with E-state index in [9.17, 15) is 9.90 Å². The molecule has 4 aliphatic carbocycles. The molecule has 0 aromatic heterocycles. The predicted molar refractivity (Wildman–Crippen MR) is 154 cm³/mol. The van der Waals surface area contributed by atoms with E-state index in [1.54, 1.807) is 0 Å². The molecule has 12 atom stereocenters. The van der Waals surface area contributed by atoms with Crippen LogP contribution < -0.4 is 0 Å². The minimum atomic E-state index is -0.678. The fourth-order valence-corrected chi connectivity index (χ4v) is 11.0. The van der Waals surface area contributed by atoms with Crippen molar-refractivity contribution >= 4 is 5.97 Å². The molecule has 2 saturated heterocycles. The number of ether oxygens (including phenoxy) is 4. The lowest BCUT2D eigenvalue weighted by atomic mass is 9.43. The third kappa shape index (κ3) is 5.42. The van der Waals surface area contributed by atoms with Gasteiger partial charge in [-0.15, -0.1) is 0 Å². The van der Waals surface area contributed by atoms with E-state index in [4.69, 9.17) is 18.9 Å². The number of carboxylic acid groups (broad SMARTS) is 1. The zero-order valence-corrected chi connectivity index (χ0v) is 25.5. The standard InChI is InChI=1S/C34H56O6/c1-22(13-16-29(35)36)24-14-15-25-32-26(21-28(34(24,25)3)40-31-12-6-9-19-38-31)33(2)17-7-4-10-23(33)20-27(32)39-30-11-5-8-18-37-30/h22-28,30-32H,4-21H2,1-3H3,(H,35,36)/t22-,23?,24-,25?,26?,27-,28+,30?,31?,32?,33+,34?/m1/s1. The summed E-state index contributed by atoms with van der Waals surface area (Å²) in [6.45, 7) is 9.10. The molecule has 4 saturated carbocycles. The second-order valence-electron chi connectivity index (χ2n) is 15.1. The second kappa shape index (κ2) is 12.1. The lowest BCUT2D eigenvalue weighted by Gasteiger charge is -2.64. The summed E-state index contributed by atoms with van der Waals surface area (Å²) in [4.78, 5) is 11.5. The van der Waals surface area contributed by atoms with E-state index in [1.165, 1.54) is 57.8 Å². The largest absolute Gasteiger partial charge is 0.481 e. The van der Waals surface area contributed by atoms with Gasteiger partial charge in [-0.25, -0.2) is 0 Å². The van der Waals surface area contributed by atoms with Crippen LogP contribution in [0.4, 0.5) is 0 Å². The maximum atomic E-state index is 11.5. The molecule has 6 nitrogen and oxygen atoms in total. The van der Waals surface area contributed by atoms with Crippen LogP contribution in [-0.4, -0.2) is 49.1 Å². The van der Waals surface area contributed by atoms with E-state index < -0.39 is 5.97 Å². The summed E-state index contributed by atoms with van der Waals surface area (Å²) in [5.74, 6) is 2.53. The van der Waals surface area contributed by atoms with E-state index in [1.807, 2.05) is 0 Å². The fourth-order valence-electron chi connectivity index (χ4n) is 11.0. The molecule has 40 heavy (non-hydrogen) atoms. The predicted octanol–water partition coefficient (Wildman–Crippen LogP) is 7.58. The highest BCUT2D eigenvalue weighted by Gasteiger charge is 2.66. The number of aliphatic carboxylic acids is 1.